The molecule has 0 bridgehead atoms. The summed E-state index contributed by atoms with van der Waals surface area (Å²) in [6.07, 6.45) is 2.23. The molecule has 2 heterocycles. The van der Waals surface area contributed by atoms with Crippen LogP contribution in [0.3, 0.4) is 0 Å². The van der Waals surface area contributed by atoms with Gasteiger partial charge >= 0.3 is 0 Å². The molecule has 6 heteroatoms. The Kier molecular flexibility index (Phi) is 6.34. The van der Waals surface area contributed by atoms with E-state index in [1.807, 2.05) is 12.1 Å². The van der Waals surface area contributed by atoms with E-state index < -0.39 is 0 Å². The summed E-state index contributed by atoms with van der Waals surface area (Å²) in [4.78, 5) is 15.2. The van der Waals surface area contributed by atoms with Crippen molar-refractivity contribution in [2.45, 2.75) is 19.4 Å². The van der Waals surface area contributed by atoms with Crippen LogP contribution in [-0.4, -0.2) is 37.6 Å². The Balaban J connectivity index is 1.40. The summed E-state index contributed by atoms with van der Waals surface area (Å²) in [5.74, 6) is 1.43. The lowest BCUT2D eigenvalue weighted by molar-refractivity contribution is 0.0939. The molecule has 1 saturated heterocycles. The van der Waals surface area contributed by atoms with Crippen molar-refractivity contribution >= 4 is 28.8 Å². The average molecular weight is 379 g/mol. The molecule has 0 unspecified atom stereocenters. The quantitative estimate of drug-likeness (QED) is 0.824. The van der Waals surface area contributed by atoms with E-state index in [1.54, 1.807) is 19.2 Å². The maximum Gasteiger partial charge on any atom is 0.261 e. The fraction of sp³-hybridized carbons (Fsp3) is 0.421. The van der Waals surface area contributed by atoms with Crippen molar-refractivity contribution in [3.8, 4) is 5.75 Å². The largest absolute Gasteiger partial charge is 0.497 e. The first-order chi connectivity index (χ1) is 12.1. The zero-order valence-corrected chi connectivity index (χ0v) is 15.9. The van der Waals surface area contributed by atoms with Crippen molar-refractivity contribution in [3.63, 3.8) is 0 Å². The van der Waals surface area contributed by atoms with Gasteiger partial charge in [0.2, 0.25) is 0 Å². The fourth-order valence-electron chi connectivity index (χ4n) is 3.10. The number of nitrogens with one attached hydrogen (secondary N) is 1. The van der Waals surface area contributed by atoms with Crippen LogP contribution in [0.1, 0.15) is 28.1 Å². The van der Waals surface area contributed by atoms with Crippen LogP contribution in [0.15, 0.2) is 36.4 Å². The molecule has 1 amide bonds. The Morgan fingerprint density at radius 3 is 2.56 bits per heavy atom. The number of amides is 1. The van der Waals surface area contributed by atoms with Crippen molar-refractivity contribution in [2.75, 3.05) is 26.7 Å². The number of methoxy groups -OCH3 is 1. The molecule has 0 spiro atoms. The third kappa shape index (κ3) is 5.21. The predicted molar refractivity (Wildman–Crippen MR) is 103 cm³/mol. The Morgan fingerprint density at radius 1 is 1.24 bits per heavy atom. The van der Waals surface area contributed by atoms with E-state index in [0.717, 1.165) is 44.8 Å². The van der Waals surface area contributed by atoms with Gasteiger partial charge in [0.15, 0.2) is 0 Å². The van der Waals surface area contributed by atoms with Gasteiger partial charge in [-0.3, -0.25) is 9.69 Å². The maximum absolute atomic E-state index is 12.1. The number of thiophene rings is 1. The molecule has 0 aliphatic carbocycles. The Bertz CT molecular complexity index is 694. The maximum atomic E-state index is 12.1. The van der Waals surface area contributed by atoms with Crippen LogP contribution >= 0.6 is 22.9 Å². The first-order valence-corrected chi connectivity index (χ1v) is 9.72. The Morgan fingerprint density at radius 2 is 1.96 bits per heavy atom. The molecule has 1 fully saturated rings. The van der Waals surface area contributed by atoms with Crippen LogP contribution in [0.2, 0.25) is 4.34 Å². The fourth-order valence-corrected chi connectivity index (χ4v) is 4.06. The van der Waals surface area contributed by atoms with E-state index in [9.17, 15) is 4.79 Å². The molecular formula is C19H23ClN2O2S. The highest BCUT2D eigenvalue weighted by molar-refractivity contribution is 7.17. The van der Waals surface area contributed by atoms with E-state index in [0.29, 0.717) is 15.1 Å². The number of carbonyl (C=O) groups excluding carboxylic acids is 1. The zero-order chi connectivity index (χ0) is 17.6. The van der Waals surface area contributed by atoms with Gasteiger partial charge in [0.25, 0.3) is 5.91 Å². The summed E-state index contributed by atoms with van der Waals surface area (Å²) in [7, 11) is 1.69. The van der Waals surface area contributed by atoms with Gasteiger partial charge in [-0.05, 0) is 61.7 Å². The minimum atomic E-state index is -0.0161. The van der Waals surface area contributed by atoms with Gasteiger partial charge in [0.1, 0.15) is 5.75 Å². The highest BCUT2D eigenvalue weighted by Gasteiger charge is 2.20. The highest BCUT2D eigenvalue weighted by atomic mass is 35.5. The van der Waals surface area contributed by atoms with Crippen LogP contribution in [0.25, 0.3) is 0 Å². The number of rotatable bonds is 6. The minimum Gasteiger partial charge on any atom is -0.497 e. The summed E-state index contributed by atoms with van der Waals surface area (Å²) in [6, 6.07) is 11.8. The summed E-state index contributed by atoms with van der Waals surface area (Å²) in [6.45, 7) is 3.84. The predicted octanol–water partition coefficient (Wildman–Crippen LogP) is 4.05. The molecule has 1 aliphatic heterocycles. The van der Waals surface area contributed by atoms with Crippen LogP contribution in [-0.2, 0) is 6.54 Å². The van der Waals surface area contributed by atoms with Crippen molar-refractivity contribution in [3.05, 3.63) is 51.2 Å². The minimum absolute atomic E-state index is 0.0161. The Labute approximate surface area is 157 Å². The molecule has 134 valence electrons. The summed E-state index contributed by atoms with van der Waals surface area (Å²) < 4.78 is 5.85. The normalized spacial score (nSPS) is 15.9. The number of nitrogens with zero attached hydrogens (tertiary/aromatic N) is 1. The number of likely N-dealkylation sites (tertiary alicyclic amines) is 1. The van der Waals surface area contributed by atoms with Gasteiger partial charge in [0, 0.05) is 13.1 Å². The average Bonchev–Trinajstić information content (AvgIpc) is 3.08. The summed E-state index contributed by atoms with van der Waals surface area (Å²) in [5.41, 5.74) is 1.31. The van der Waals surface area contributed by atoms with Gasteiger partial charge in [-0.2, -0.15) is 0 Å². The SMILES string of the molecule is COc1ccc(CN2CCC(CNC(=O)c3ccc(Cl)s3)CC2)cc1. The number of benzene rings is 1. The molecule has 2 aromatic rings. The second-order valence-electron chi connectivity index (χ2n) is 6.38. The van der Waals surface area contributed by atoms with Crippen molar-refractivity contribution < 1.29 is 9.53 Å². The number of hydrogen-bond acceptors (Lipinski definition) is 4. The molecule has 25 heavy (non-hydrogen) atoms. The van der Waals surface area contributed by atoms with Crippen molar-refractivity contribution in [1.82, 2.24) is 10.2 Å². The number of ether oxygens (including phenoxy) is 1. The Hall–Kier alpha value is -1.56. The van der Waals surface area contributed by atoms with Crippen LogP contribution in [0.4, 0.5) is 0 Å². The molecule has 3 rings (SSSR count). The highest BCUT2D eigenvalue weighted by Crippen LogP contribution is 2.22. The second-order valence-corrected chi connectivity index (χ2v) is 8.10. The third-order valence-corrected chi connectivity index (χ3v) is 5.85. The van der Waals surface area contributed by atoms with Gasteiger partial charge in [0.05, 0.1) is 16.3 Å². The molecule has 1 aliphatic rings. The van der Waals surface area contributed by atoms with Crippen LogP contribution < -0.4 is 10.1 Å². The summed E-state index contributed by atoms with van der Waals surface area (Å²) in [5, 5.41) is 3.04. The van der Waals surface area contributed by atoms with E-state index in [4.69, 9.17) is 16.3 Å². The van der Waals surface area contributed by atoms with E-state index in [-0.39, 0.29) is 5.91 Å². The lowest BCUT2D eigenvalue weighted by atomic mass is 9.96. The molecule has 0 saturated carbocycles. The topological polar surface area (TPSA) is 41.6 Å². The van der Waals surface area contributed by atoms with E-state index in [2.05, 4.69) is 22.3 Å². The second kappa shape index (κ2) is 8.70. The van der Waals surface area contributed by atoms with E-state index >= 15 is 0 Å². The number of hydrogen-bond donors (Lipinski definition) is 1. The first-order valence-electron chi connectivity index (χ1n) is 8.53. The molecule has 1 aromatic carbocycles. The van der Waals surface area contributed by atoms with Gasteiger partial charge in [-0.15, -0.1) is 11.3 Å². The van der Waals surface area contributed by atoms with Crippen LogP contribution in [0, 0.1) is 5.92 Å². The lowest BCUT2D eigenvalue weighted by Gasteiger charge is -2.32. The van der Waals surface area contributed by atoms with E-state index in [1.165, 1.54) is 16.9 Å². The third-order valence-electron chi connectivity index (χ3n) is 4.62. The van der Waals surface area contributed by atoms with Gasteiger partial charge < -0.3 is 10.1 Å². The first kappa shape index (κ1) is 18.2. The molecule has 0 atom stereocenters. The van der Waals surface area contributed by atoms with Gasteiger partial charge in [-0.1, -0.05) is 23.7 Å². The molecule has 0 radical (unpaired) electrons. The molecular weight excluding hydrogens is 356 g/mol. The smallest absolute Gasteiger partial charge is 0.261 e. The molecule has 1 N–H and O–H groups in total. The van der Waals surface area contributed by atoms with Crippen LogP contribution in [0.5, 0.6) is 5.75 Å². The number of halogens is 1. The number of carbonyl (C=O) groups is 1. The number of piperidine rings is 1. The van der Waals surface area contributed by atoms with Crippen molar-refractivity contribution in [1.29, 1.82) is 0 Å². The van der Waals surface area contributed by atoms with Crippen molar-refractivity contribution in [2.24, 2.45) is 5.92 Å². The molecule has 1 aromatic heterocycles. The zero-order valence-electron chi connectivity index (χ0n) is 14.3. The lowest BCUT2D eigenvalue weighted by Crippen LogP contribution is -2.38. The monoisotopic (exact) mass is 378 g/mol. The van der Waals surface area contributed by atoms with Gasteiger partial charge in [-0.25, -0.2) is 0 Å². The molecule has 4 nitrogen and oxygen atoms in total. The standard InChI is InChI=1S/C19H23ClN2O2S/c1-24-16-4-2-15(3-5-16)13-22-10-8-14(9-11-22)12-21-19(23)17-6-7-18(20)25-17/h2-7,14H,8-13H2,1H3,(H,21,23). The summed E-state index contributed by atoms with van der Waals surface area (Å²) >= 11 is 7.20.